The van der Waals surface area contributed by atoms with Crippen molar-refractivity contribution in [2.45, 2.75) is 39.7 Å². The predicted octanol–water partition coefficient (Wildman–Crippen LogP) is 2.12. The molecule has 1 fully saturated rings. The number of nitrogens with zero attached hydrogens (tertiary/aromatic N) is 1. The molecule has 1 saturated heterocycles. The zero-order valence-corrected chi connectivity index (χ0v) is 12.1. The first-order chi connectivity index (χ1) is 8.88. The SMILES string of the molecule is Cc1cccc(CC(=O)N2CCC(C)(C)C(N)C2)c1. The Bertz CT molecular complexity index is 468. The average Bonchev–Trinajstić information content (AvgIpc) is 2.32. The fraction of sp³-hybridized carbons (Fsp3) is 0.562. The quantitative estimate of drug-likeness (QED) is 0.885. The van der Waals surface area contributed by atoms with Gasteiger partial charge in [-0.05, 0) is 24.3 Å². The van der Waals surface area contributed by atoms with Gasteiger partial charge >= 0.3 is 0 Å². The lowest BCUT2D eigenvalue weighted by atomic mass is 9.78. The van der Waals surface area contributed by atoms with Crippen LogP contribution in [0.15, 0.2) is 24.3 Å². The Labute approximate surface area is 115 Å². The minimum absolute atomic E-state index is 0.0720. The van der Waals surface area contributed by atoms with Crippen LogP contribution in [0, 0.1) is 12.3 Å². The largest absolute Gasteiger partial charge is 0.341 e. The van der Waals surface area contributed by atoms with Crippen LogP contribution in [0.25, 0.3) is 0 Å². The predicted molar refractivity (Wildman–Crippen MR) is 77.8 cm³/mol. The van der Waals surface area contributed by atoms with Gasteiger partial charge in [0.1, 0.15) is 0 Å². The molecule has 0 aromatic heterocycles. The summed E-state index contributed by atoms with van der Waals surface area (Å²) >= 11 is 0. The molecule has 0 saturated carbocycles. The summed E-state index contributed by atoms with van der Waals surface area (Å²) < 4.78 is 0. The second-order valence-corrected chi connectivity index (χ2v) is 6.35. The van der Waals surface area contributed by atoms with Gasteiger partial charge in [0.05, 0.1) is 6.42 Å². The number of hydrogen-bond donors (Lipinski definition) is 1. The fourth-order valence-electron chi connectivity index (χ4n) is 2.52. The van der Waals surface area contributed by atoms with E-state index in [4.69, 9.17) is 5.73 Å². The monoisotopic (exact) mass is 260 g/mol. The van der Waals surface area contributed by atoms with E-state index in [0.29, 0.717) is 13.0 Å². The van der Waals surface area contributed by atoms with E-state index in [2.05, 4.69) is 19.9 Å². The number of rotatable bonds is 2. The molecule has 1 heterocycles. The van der Waals surface area contributed by atoms with Gasteiger partial charge in [0.15, 0.2) is 0 Å². The maximum absolute atomic E-state index is 12.3. The van der Waals surface area contributed by atoms with E-state index in [1.165, 1.54) is 5.56 Å². The van der Waals surface area contributed by atoms with E-state index in [0.717, 1.165) is 18.5 Å². The average molecular weight is 260 g/mol. The molecule has 1 aromatic rings. The molecule has 2 N–H and O–H groups in total. The Kier molecular flexibility index (Phi) is 3.95. The van der Waals surface area contributed by atoms with Crippen molar-refractivity contribution in [1.82, 2.24) is 4.90 Å². The Balaban J connectivity index is 1.98. The highest BCUT2D eigenvalue weighted by molar-refractivity contribution is 5.79. The second kappa shape index (κ2) is 5.33. The molecule has 2 rings (SSSR count). The molecule has 3 nitrogen and oxygen atoms in total. The van der Waals surface area contributed by atoms with Gasteiger partial charge in [0, 0.05) is 19.1 Å². The van der Waals surface area contributed by atoms with Crippen molar-refractivity contribution in [2.75, 3.05) is 13.1 Å². The number of nitrogens with two attached hydrogens (primary N) is 1. The maximum atomic E-state index is 12.3. The standard InChI is InChI=1S/C16H24N2O/c1-12-5-4-6-13(9-12)10-15(19)18-8-7-16(2,3)14(17)11-18/h4-6,9,14H,7-8,10-11,17H2,1-3H3. The lowest BCUT2D eigenvalue weighted by molar-refractivity contribution is -0.133. The number of carbonyl (C=O) groups excluding carboxylic acids is 1. The number of amides is 1. The van der Waals surface area contributed by atoms with Crippen molar-refractivity contribution in [3.8, 4) is 0 Å². The molecule has 1 aromatic carbocycles. The van der Waals surface area contributed by atoms with Crippen LogP contribution in [-0.4, -0.2) is 29.9 Å². The Hall–Kier alpha value is -1.35. The molecule has 19 heavy (non-hydrogen) atoms. The maximum Gasteiger partial charge on any atom is 0.227 e. The van der Waals surface area contributed by atoms with Crippen LogP contribution in [0.5, 0.6) is 0 Å². The summed E-state index contributed by atoms with van der Waals surface area (Å²) in [5.41, 5.74) is 8.59. The lowest BCUT2D eigenvalue weighted by Gasteiger charge is -2.42. The van der Waals surface area contributed by atoms with Gasteiger partial charge in [0.25, 0.3) is 0 Å². The van der Waals surface area contributed by atoms with Crippen LogP contribution >= 0.6 is 0 Å². The number of carbonyl (C=O) groups is 1. The molecule has 3 heteroatoms. The van der Waals surface area contributed by atoms with Crippen molar-refractivity contribution in [3.05, 3.63) is 35.4 Å². The van der Waals surface area contributed by atoms with Crippen molar-refractivity contribution < 1.29 is 4.79 Å². The number of aryl methyl sites for hydroxylation is 1. The molecule has 1 atom stereocenters. The highest BCUT2D eigenvalue weighted by Crippen LogP contribution is 2.29. The molecular formula is C16H24N2O. The van der Waals surface area contributed by atoms with Crippen LogP contribution in [0.1, 0.15) is 31.4 Å². The third-order valence-electron chi connectivity index (χ3n) is 4.24. The summed E-state index contributed by atoms with van der Waals surface area (Å²) in [4.78, 5) is 14.2. The minimum atomic E-state index is 0.0720. The van der Waals surface area contributed by atoms with Gasteiger partial charge in [0.2, 0.25) is 5.91 Å². The van der Waals surface area contributed by atoms with Crippen LogP contribution in [0.4, 0.5) is 0 Å². The molecule has 1 aliphatic heterocycles. The van der Waals surface area contributed by atoms with Gasteiger partial charge in [-0.25, -0.2) is 0 Å². The second-order valence-electron chi connectivity index (χ2n) is 6.35. The number of likely N-dealkylation sites (tertiary alicyclic amines) is 1. The van der Waals surface area contributed by atoms with Gasteiger partial charge in [-0.15, -0.1) is 0 Å². The van der Waals surface area contributed by atoms with Crippen LogP contribution < -0.4 is 5.73 Å². The Morgan fingerprint density at radius 1 is 1.47 bits per heavy atom. The van der Waals surface area contributed by atoms with Gasteiger partial charge in [-0.3, -0.25) is 4.79 Å². The lowest BCUT2D eigenvalue weighted by Crippen LogP contribution is -2.54. The van der Waals surface area contributed by atoms with Gasteiger partial charge in [-0.1, -0.05) is 43.7 Å². The summed E-state index contributed by atoms with van der Waals surface area (Å²) in [5.74, 6) is 0.191. The van der Waals surface area contributed by atoms with Crippen LogP contribution in [0.2, 0.25) is 0 Å². The molecule has 1 amide bonds. The Morgan fingerprint density at radius 2 is 2.21 bits per heavy atom. The number of hydrogen-bond acceptors (Lipinski definition) is 2. The number of benzene rings is 1. The third-order valence-corrected chi connectivity index (χ3v) is 4.24. The highest BCUT2D eigenvalue weighted by Gasteiger charge is 2.34. The summed E-state index contributed by atoms with van der Waals surface area (Å²) in [6, 6.07) is 8.21. The zero-order valence-electron chi connectivity index (χ0n) is 12.1. The van der Waals surface area contributed by atoms with E-state index < -0.39 is 0 Å². The van der Waals surface area contributed by atoms with Gasteiger partial charge < -0.3 is 10.6 Å². The van der Waals surface area contributed by atoms with Crippen molar-refractivity contribution in [3.63, 3.8) is 0 Å². The molecule has 104 valence electrons. The first-order valence-corrected chi connectivity index (χ1v) is 6.97. The van der Waals surface area contributed by atoms with Crippen LogP contribution in [-0.2, 0) is 11.2 Å². The summed E-state index contributed by atoms with van der Waals surface area (Å²) in [6.45, 7) is 7.91. The van der Waals surface area contributed by atoms with E-state index in [1.54, 1.807) is 0 Å². The molecule has 0 bridgehead atoms. The zero-order chi connectivity index (χ0) is 14.0. The van der Waals surface area contributed by atoms with Crippen LogP contribution in [0.3, 0.4) is 0 Å². The van der Waals surface area contributed by atoms with Gasteiger partial charge in [-0.2, -0.15) is 0 Å². The van der Waals surface area contributed by atoms with E-state index in [-0.39, 0.29) is 17.4 Å². The van der Waals surface area contributed by atoms with Crippen molar-refractivity contribution >= 4 is 5.91 Å². The Morgan fingerprint density at radius 3 is 2.84 bits per heavy atom. The summed E-state index contributed by atoms with van der Waals surface area (Å²) in [7, 11) is 0. The summed E-state index contributed by atoms with van der Waals surface area (Å²) in [6.07, 6.45) is 1.46. The first-order valence-electron chi connectivity index (χ1n) is 6.97. The minimum Gasteiger partial charge on any atom is -0.341 e. The molecule has 0 aliphatic carbocycles. The molecule has 0 radical (unpaired) electrons. The van der Waals surface area contributed by atoms with E-state index >= 15 is 0 Å². The smallest absolute Gasteiger partial charge is 0.227 e. The first kappa shape index (κ1) is 14.1. The normalized spacial score (nSPS) is 22.3. The summed E-state index contributed by atoms with van der Waals surface area (Å²) in [5, 5.41) is 0. The fourth-order valence-corrected chi connectivity index (χ4v) is 2.52. The van der Waals surface area contributed by atoms with Crippen molar-refractivity contribution in [2.24, 2.45) is 11.1 Å². The number of piperidine rings is 1. The topological polar surface area (TPSA) is 46.3 Å². The van der Waals surface area contributed by atoms with Crippen molar-refractivity contribution in [1.29, 1.82) is 0 Å². The van der Waals surface area contributed by atoms with E-state index in [9.17, 15) is 4.79 Å². The third kappa shape index (κ3) is 3.35. The molecule has 1 aliphatic rings. The molecule has 0 spiro atoms. The van der Waals surface area contributed by atoms with E-state index in [1.807, 2.05) is 30.0 Å². The molecular weight excluding hydrogens is 236 g/mol. The highest BCUT2D eigenvalue weighted by atomic mass is 16.2. The molecule has 1 unspecified atom stereocenters.